The Bertz CT molecular complexity index is 316. The molecule has 16 heavy (non-hydrogen) atoms. The van der Waals surface area contributed by atoms with Crippen LogP contribution in [0.15, 0.2) is 24.3 Å². The van der Waals surface area contributed by atoms with Gasteiger partial charge in [0.2, 0.25) is 0 Å². The minimum absolute atomic E-state index is 0. The largest absolute Gasteiger partial charge is 0.494 e. The maximum absolute atomic E-state index is 6.93. The van der Waals surface area contributed by atoms with Crippen LogP contribution in [0.5, 0.6) is 5.75 Å². The third-order valence-corrected chi connectivity index (χ3v) is 1.97. The molecule has 1 aromatic rings. The lowest BCUT2D eigenvalue weighted by Gasteiger charge is -2.06. The number of guanidine groups is 1. The molecule has 1 aromatic carbocycles. The zero-order valence-corrected chi connectivity index (χ0v) is 10.3. The summed E-state index contributed by atoms with van der Waals surface area (Å²) < 4.78 is 5.43. The molecule has 90 valence electrons. The van der Waals surface area contributed by atoms with Gasteiger partial charge in [-0.15, -0.1) is 12.4 Å². The average Bonchev–Trinajstić information content (AvgIpc) is 2.20. The predicted octanol–water partition coefficient (Wildman–Crippen LogP) is 2.01. The Morgan fingerprint density at radius 2 is 2.00 bits per heavy atom. The molecule has 0 unspecified atom stereocenters. The lowest BCUT2D eigenvalue weighted by molar-refractivity contribution is 0.311. The van der Waals surface area contributed by atoms with Crippen molar-refractivity contribution >= 4 is 30.0 Å². The minimum Gasteiger partial charge on any atom is -0.494 e. The van der Waals surface area contributed by atoms with Gasteiger partial charge in [-0.3, -0.25) is 5.41 Å². The predicted molar refractivity (Wildman–Crippen MR) is 68.7 cm³/mol. The molecule has 4 nitrogen and oxygen atoms in total. The third-order valence-electron chi connectivity index (χ3n) is 1.72. The highest BCUT2D eigenvalue weighted by molar-refractivity contribution is 6.30. The molecule has 0 saturated carbocycles. The Hall–Kier alpha value is -1.13. The number of hydrogen-bond donors (Lipinski definition) is 3. The Kier molecular flexibility index (Phi) is 7.50. The van der Waals surface area contributed by atoms with Gasteiger partial charge in [0.25, 0.3) is 0 Å². The van der Waals surface area contributed by atoms with Crippen molar-refractivity contribution in [3.63, 3.8) is 0 Å². The zero-order chi connectivity index (χ0) is 11.1. The summed E-state index contributed by atoms with van der Waals surface area (Å²) in [5.74, 6) is 0.781. The first-order valence-corrected chi connectivity index (χ1v) is 5.02. The summed E-state index contributed by atoms with van der Waals surface area (Å²) in [6, 6.07) is 7.21. The van der Waals surface area contributed by atoms with Gasteiger partial charge in [-0.25, -0.2) is 0 Å². The van der Waals surface area contributed by atoms with Crippen molar-refractivity contribution < 1.29 is 4.74 Å². The molecule has 0 spiro atoms. The summed E-state index contributed by atoms with van der Waals surface area (Å²) in [5.41, 5.74) is 5.12. The summed E-state index contributed by atoms with van der Waals surface area (Å²) in [5, 5.41) is 10.3. The van der Waals surface area contributed by atoms with E-state index in [1.165, 1.54) is 0 Å². The van der Waals surface area contributed by atoms with Gasteiger partial charge in [0.1, 0.15) is 5.75 Å². The van der Waals surface area contributed by atoms with Crippen molar-refractivity contribution in [3.8, 4) is 5.75 Å². The van der Waals surface area contributed by atoms with E-state index in [-0.39, 0.29) is 18.4 Å². The van der Waals surface area contributed by atoms with Crippen LogP contribution in [0.4, 0.5) is 0 Å². The molecule has 1 rings (SSSR count). The SMILES string of the molecule is Cl.N=C(N)NCCCOc1ccc(Cl)cc1. The molecule has 0 radical (unpaired) electrons. The summed E-state index contributed by atoms with van der Waals surface area (Å²) in [6.07, 6.45) is 0.794. The quantitative estimate of drug-likeness (QED) is 0.433. The fraction of sp³-hybridized carbons (Fsp3) is 0.300. The maximum Gasteiger partial charge on any atom is 0.185 e. The molecule has 0 aliphatic heterocycles. The second-order valence-electron chi connectivity index (χ2n) is 3.00. The van der Waals surface area contributed by atoms with Gasteiger partial charge in [0.05, 0.1) is 6.61 Å². The van der Waals surface area contributed by atoms with Crippen LogP contribution in [0.1, 0.15) is 6.42 Å². The maximum atomic E-state index is 6.93. The van der Waals surface area contributed by atoms with Crippen molar-refractivity contribution in [3.05, 3.63) is 29.3 Å². The first-order valence-electron chi connectivity index (χ1n) is 4.65. The van der Waals surface area contributed by atoms with Crippen LogP contribution in [0, 0.1) is 5.41 Å². The number of nitrogens with one attached hydrogen (secondary N) is 2. The van der Waals surface area contributed by atoms with E-state index in [0.717, 1.165) is 12.2 Å². The lowest BCUT2D eigenvalue weighted by Crippen LogP contribution is -2.31. The number of halogens is 2. The van der Waals surface area contributed by atoms with Gasteiger partial charge in [-0.1, -0.05) is 11.6 Å². The fourth-order valence-electron chi connectivity index (χ4n) is 1.02. The molecule has 0 aromatic heterocycles. The van der Waals surface area contributed by atoms with Gasteiger partial charge in [-0.05, 0) is 30.7 Å². The van der Waals surface area contributed by atoms with Crippen molar-refractivity contribution in [2.75, 3.05) is 13.2 Å². The number of ether oxygens (including phenoxy) is 1. The summed E-state index contributed by atoms with van der Waals surface area (Å²) in [7, 11) is 0. The van der Waals surface area contributed by atoms with Gasteiger partial charge < -0.3 is 15.8 Å². The van der Waals surface area contributed by atoms with Gasteiger partial charge in [0, 0.05) is 11.6 Å². The van der Waals surface area contributed by atoms with Crippen LogP contribution in [0.25, 0.3) is 0 Å². The smallest absolute Gasteiger partial charge is 0.185 e. The van der Waals surface area contributed by atoms with Crippen LogP contribution in [-0.2, 0) is 0 Å². The molecule has 6 heteroatoms. The fourth-order valence-corrected chi connectivity index (χ4v) is 1.14. The first-order chi connectivity index (χ1) is 7.18. The Morgan fingerprint density at radius 1 is 1.38 bits per heavy atom. The summed E-state index contributed by atoms with van der Waals surface area (Å²) in [6.45, 7) is 1.23. The van der Waals surface area contributed by atoms with Gasteiger partial charge in [0.15, 0.2) is 5.96 Å². The van der Waals surface area contributed by atoms with E-state index in [1.807, 2.05) is 12.1 Å². The first kappa shape index (κ1) is 14.9. The minimum atomic E-state index is -0.0125. The van der Waals surface area contributed by atoms with E-state index in [0.29, 0.717) is 18.2 Å². The van der Waals surface area contributed by atoms with Gasteiger partial charge in [-0.2, -0.15) is 0 Å². The standard InChI is InChI=1S/C10H14ClN3O.ClH/c11-8-2-4-9(5-3-8)15-7-1-6-14-10(12)13;/h2-5H,1,6-7H2,(H4,12,13,14);1H. The molecular formula is C10H15Cl2N3O. The highest BCUT2D eigenvalue weighted by Crippen LogP contribution is 2.15. The molecule has 0 amide bonds. The summed E-state index contributed by atoms with van der Waals surface area (Å²) in [4.78, 5) is 0. The van der Waals surface area contributed by atoms with Crippen LogP contribution in [-0.4, -0.2) is 19.1 Å². The van der Waals surface area contributed by atoms with E-state index in [9.17, 15) is 0 Å². The van der Waals surface area contributed by atoms with Gasteiger partial charge >= 0.3 is 0 Å². The molecular weight excluding hydrogens is 249 g/mol. The van der Waals surface area contributed by atoms with Crippen LogP contribution in [0.3, 0.4) is 0 Å². The number of hydrogen-bond acceptors (Lipinski definition) is 2. The van der Waals surface area contributed by atoms with Crippen molar-refractivity contribution in [2.45, 2.75) is 6.42 Å². The molecule has 0 heterocycles. The molecule has 0 aliphatic rings. The third kappa shape index (κ3) is 6.37. The number of nitrogens with two attached hydrogens (primary N) is 1. The van der Waals surface area contributed by atoms with E-state index in [4.69, 9.17) is 27.5 Å². The molecule has 0 atom stereocenters. The number of benzene rings is 1. The lowest BCUT2D eigenvalue weighted by atomic mass is 10.3. The molecule has 0 fully saturated rings. The zero-order valence-electron chi connectivity index (χ0n) is 8.70. The molecule has 0 saturated heterocycles. The Labute approximate surface area is 106 Å². The number of rotatable bonds is 5. The van der Waals surface area contributed by atoms with Crippen LogP contribution in [0.2, 0.25) is 5.02 Å². The second kappa shape index (κ2) is 8.07. The monoisotopic (exact) mass is 263 g/mol. The summed E-state index contributed by atoms with van der Waals surface area (Å²) >= 11 is 5.73. The Morgan fingerprint density at radius 3 is 2.56 bits per heavy atom. The van der Waals surface area contributed by atoms with E-state index in [2.05, 4.69) is 5.32 Å². The van der Waals surface area contributed by atoms with Crippen molar-refractivity contribution in [2.24, 2.45) is 5.73 Å². The normalized spacial score (nSPS) is 9.06. The van der Waals surface area contributed by atoms with Crippen LogP contribution >= 0.6 is 24.0 Å². The van der Waals surface area contributed by atoms with E-state index >= 15 is 0 Å². The van der Waals surface area contributed by atoms with E-state index in [1.54, 1.807) is 12.1 Å². The molecule has 4 N–H and O–H groups in total. The van der Waals surface area contributed by atoms with Crippen molar-refractivity contribution in [1.82, 2.24) is 5.32 Å². The molecule has 0 bridgehead atoms. The highest BCUT2D eigenvalue weighted by atomic mass is 35.5. The Balaban J connectivity index is 0.00000225. The topological polar surface area (TPSA) is 71.1 Å². The second-order valence-corrected chi connectivity index (χ2v) is 3.43. The van der Waals surface area contributed by atoms with Crippen molar-refractivity contribution in [1.29, 1.82) is 5.41 Å². The van der Waals surface area contributed by atoms with E-state index < -0.39 is 0 Å². The molecule has 0 aliphatic carbocycles. The highest BCUT2D eigenvalue weighted by Gasteiger charge is 1.94. The average molecular weight is 264 g/mol. The van der Waals surface area contributed by atoms with Crippen LogP contribution < -0.4 is 15.8 Å².